The Morgan fingerprint density at radius 1 is 0.839 bits per heavy atom. The summed E-state index contributed by atoms with van der Waals surface area (Å²) < 4.78 is 56.5. The summed E-state index contributed by atoms with van der Waals surface area (Å²) in [6.07, 6.45) is -2.23. The van der Waals surface area contributed by atoms with Gasteiger partial charge in [0.2, 0.25) is 0 Å². The van der Waals surface area contributed by atoms with Gasteiger partial charge in [0.25, 0.3) is 0 Å². The van der Waals surface area contributed by atoms with E-state index in [1.165, 1.54) is 14.0 Å². The minimum atomic E-state index is -1.21. The third-order valence-corrected chi connectivity index (χ3v) is 15.8. The van der Waals surface area contributed by atoms with Crippen LogP contribution in [-0.4, -0.2) is 127 Å². The lowest BCUT2D eigenvalue weighted by Gasteiger charge is -2.61. The van der Waals surface area contributed by atoms with Gasteiger partial charge in [-0.25, -0.2) is 0 Å². The number of hydrogen-bond acceptors (Lipinski definition) is 14. The van der Waals surface area contributed by atoms with Gasteiger partial charge in [0.05, 0.1) is 30.3 Å². The van der Waals surface area contributed by atoms with E-state index in [4.69, 9.17) is 42.6 Å². The molecule has 4 aliphatic carbocycles. The van der Waals surface area contributed by atoms with Crippen molar-refractivity contribution >= 4 is 17.7 Å². The van der Waals surface area contributed by atoms with Gasteiger partial charge in [0.15, 0.2) is 12.6 Å². The van der Waals surface area contributed by atoms with Gasteiger partial charge in [0.1, 0.15) is 53.6 Å². The second-order valence-corrected chi connectivity index (χ2v) is 18.6. The number of esters is 2. The molecule has 0 radical (unpaired) electrons. The zero-order valence-electron chi connectivity index (χ0n) is 34.9. The number of methoxy groups -OCH3 is 2. The molecule has 3 aliphatic heterocycles. The Labute approximate surface area is 331 Å². The molecule has 20 atom stereocenters. The highest BCUT2D eigenvalue weighted by molar-refractivity contribution is 5.81. The molecule has 2 spiro atoms. The van der Waals surface area contributed by atoms with E-state index >= 15 is 0 Å². The fraction of sp³-hybridized carbons (Fsp3) is 0.929. The van der Waals surface area contributed by atoms with Crippen LogP contribution in [0, 0.1) is 34.5 Å². The van der Waals surface area contributed by atoms with E-state index in [0.29, 0.717) is 25.7 Å². The van der Waals surface area contributed by atoms with Crippen molar-refractivity contribution in [3.63, 3.8) is 0 Å². The zero-order valence-corrected chi connectivity index (χ0v) is 34.9. The lowest BCUT2D eigenvalue weighted by Crippen LogP contribution is -2.70. The lowest BCUT2D eigenvalue weighted by atomic mass is 9.43. The second kappa shape index (κ2) is 15.4. The van der Waals surface area contributed by atoms with Crippen LogP contribution in [0.15, 0.2) is 0 Å². The molecule has 318 valence electrons. The molecule has 0 aromatic carbocycles. The molecule has 7 fully saturated rings. The van der Waals surface area contributed by atoms with Crippen LogP contribution in [0.25, 0.3) is 0 Å². The van der Waals surface area contributed by atoms with Gasteiger partial charge in [-0.05, 0) is 83.5 Å². The van der Waals surface area contributed by atoms with Gasteiger partial charge in [-0.2, -0.15) is 0 Å². The maximum absolute atomic E-state index is 13.6. The average Bonchev–Trinajstić information content (AvgIpc) is 3.70. The number of aliphatic hydroxyl groups excluding tert-OH is 2. The predicted octanol–water partition coefficient (Wildman–Crippen LogP) is 4.02. The zero-order chi connectivity index (χ0) is 40.7. The van der Waals surface area contributed by atoms with Crippen LogP contribution in [-0.2, 0) is 57.0 Å². The molecule has 3 saturated heterocycles. The van der Waals surface area contributed by atoms with Gasteiger partial charge in [-0.3, -0.25) is 14.4 Å². The number of aliphatic hydroxyl groups is 2. The molecule has 0 amide bonds. The van der Waals surface area contributed by atoms with Crippen molar-refractivity contribution < 1.29 is 67.2 Å². The minimum Gasteiger partial charge on any atom is -0.458 e. The van der Waals surface area contributed by atoms with Crippen molar-refractivity contribution in [2.75, 3.05) is 14.2 Å². The molecule has 3 heterocycles. The molecule has 0 aromatic heterocycles. The van der Waals surface area contributed by atoms with Crippen molar-refractivity contribution in [1.29, 1.82) is 0 Å². The molecule has 4 saturated carbocycles. The summed E-state index contributed by atoms with van der Waals surface area (Å²) in [5, 5.41) is 21.3. The SMILES string of the molecule is CCC(C)C(=O)O[C@@H]1[C@@H](OC(C)=O)[C@@H]2[C@@]3(C)CC[C@H](O[C@H]4C[C@@H](OC)[C@H](O[C@@H]5O[C@H](C)[C@@H](O)[C@@H](OC)[C@H]5O)[C@@H](C)O4)C[C@@H]3CC[C@]23O[C@@]32CC[C@@H](C(C)=O)[C@@]12C. The fourth-order valence-corrected chi connectivity index (χ4v) is 12.7. The van der Waals surface area contributed by atoms with Crippen LogP contribution in [0.2, 0.25) is 0 Å². The van der Waals surface area contributed by atoms with Crippen molar-refractivity contribution in [2.24, 2.45) is 34.5 Å². The van der Waals surface area contributed by atoms with Crippen molar-refractivity contribution in [3.8, 4) is 0 Å². The maximum Gasteiger partial charge on any atom is 0.309 e. The van der Waals surface area contributed by atoms with E-state index in [1.54, 1.807) is 21.0 Å². The highest BCUT2D eigenvalue weighted by Crippen LogP contribution is 2.81. The molecule has 7 rings (SSSR count). The Morgan fingerprint density at radius 2 is 1.57 bits per heavy atom. The van der Waals surface area contributed by atoms with Crippen LogP contribution < -0.4 is 0 Å². The van der Waals surface area contributed by atoms with Crippen LogP contribution in [0.3, 0.4) is 0 Å². The Balaban J connectivity index is 1.09. The molecular formula is C42H66O14. The topological polar surface area (TPSA) is 178 Å². The number of fused-ring (bicyclic) bond motifs is 2. The first-order valence-corrected chi connectivity index (χ1v) is 21.0. The first kappa shape index (κ1) is 42.4. The van der Waals surface area contributed by atoms with E-state index in [-0.39, 0.29) is 46.9 Å². The molecule has 0 aromatic rings. The smallest absolute Gasteiger partial charge is 0.309 e. The summed E-state index contributed by atoms with van der Waals surface area (Å²) in [6, 6.07) is 0. The normalized spacial score (nSPS) is 51.4. The van der Waals surface area contributed by atoms with E-state index in [0.717, 1.165) is 32.1 Å². The number of carbonyl (C=O) groups excluding carboxylic acids is 3. The molecule has 2 N–H and O–H groups in total. The van der Waals surface area contributed by atoms with E-state index in [1.807, 2.05) is 27.7 Å². The summed E-state index contributed by atoms with van der Waals surface area (Å²) in [6.45, 7) is 14.7. The summed E-state index contributed by atoms with van der Waals surface area (Å²) in [4.78, 5) is 40.0. The fourth-order valence-electron chi connectivity index (χ4n) is 12.7. The monoisotopic (exact) mass is 794 g/mol. The number of ketones is 1. The number of carbonyl (C=O) groups is 3. The first-order chi connectivity index (χ1) is 26.4. The minimum absolute atomic E-state index is 0.0409. The van der Waals surface area contributed by atoms with Crippen LogP contribution in [0.5, 0.6) is 0 Å². The number of Topliss-reactive ketones (excluding diaryl/α,β-unsaturated/α-hetero) is 1. The van der Waals surface area contributed by atoms with Crippen molar-refractivity contribution in [1.82, 2.24) is 0 Å². The average molecular weight is 795 g/mol. The summed E-state index contributed by atoms with van der Waals surface area (Å²) in [7, 11) is 3.04. The van der Waals surface area contributed by atoms with Crippen LogP contribution in [0.4, 0.5) is 0 Å². The quantitative estimate of drug-likeness (QED) is 0.174. The third kappa shape index (κ3) is 6.42. The maximum atomic E-state index is 13.6. The summed E-state index contributed by atoms with van der Waals surface area (Å²) in [5.74, 6) is -1.53. The van der Waals surface area contributed by atoms with Gasteiger partial charge in [-0.1, -0.05) is 27.7 Å². The van der Waals surface area contributed by atoms with E-state index in [2.05, 4.69) is 6.92 Å². The van der Waals surface area contributed by atoms with Crippen LogP contribution in [0.1, 0.15) is 113 Å². The van der Waals surface area contributed by atoms with Gasteiger partial charge in [-0.15, -0.1) is 0 Å². The molecule has 0 bridgehead atoms. The first-order valence-electron chi connectivity index (χ1n) is 21.0. The Bertz CT molecular complexity index is 1490. The Hall–Kier alpha value is -1.75. The lowest BCUT2D eigenvalue weighted by molar-refractivity contribution is -0.343. The Kier molecular flexibility index (Phi) is 11.6. The third-order valence-electron chi connectivity index (χ3n) is 15.8. The van der Waals surface area contributed by atoms with E-state index < -0.39 is 90.1 Å². The molecular weight excluding hydrogens is 728 g/mol. The predicted molar refractivity (Wildman–Crippen MR) is 198 cm³/mol. The molecule has 7 aliphatic rings. The van der Waals surface area contributed by atoms with Gasteiger partial charge < -0.3 is 52.8 Å². The number of hydrogen-bond donors (Lipinski definition) is 2. The molecule has 56 heavy (non-hydrogen) atoms. The molecule has 14 heteroatoms. The Morgan fingerprint density at radius 3 is 2.21 bits per heavy atom. The van der Waals surface area contributed by atoms with Crippen LogP contribution >= 0.6 is 0 Å². The summed E-state index contributed by atoms with van der Waals surface area (Å²) >= 11 is 0. The van der Waals surface area contributed by atoms with E-state index in [9.17, 15) is 24.6 Å². The molecule has 1 unspecified atom stereocenters. The highest BCUT2D eigenvalue weighted by Gasteiger charge is 2.91. The van der Waals surface area contributed by atoms with Gasteiger partial charge in [0, 0.05) is 44.8 Å². The number of epoxide rings is 1. The second-order valence-electron chi connectivity index (χ2n) is 18.6. The highest BCUT2D eigenvalue weighted by atomic mass is 16.7. The van der Waals surface area contributed by atoms with Gasteiger partial charge >= 0.3 is 11.9 Å². The summed E-state index contributed by atoms with van der Waals surface area (Å²) in [5.41, 5.74) is -2.43. The largest absolute Gasteiger partial charge is 0.458 e. The van der Waals surface area contributed by atoms with Crippen molar-refractivity contribution in [3.05, 3.63) is 0 Å². The molecule has 14 nitrogen and oxygen atoms in total. The number of rotatable bonds is 11. The van der Waals surface area contributed by atoms with Crippen molar-refractivity contribution in [2.45, 2.75) is 198 Å². The standard InChI is InChI=1S/C42H66O14/c1-11-20(2)37(47)55-36-34(52-24(6)44)35-39(7)15-13-26(18-25(39)12-16-41(35)42(56-41)17-14-27(21(3)43)40(36,42)8)53-29-19-28(48-9)32(23(5)50-29)54-38-31(46)33(49-10)30(45)22(4)51-38/h20,22-23,25-36,38,45-46H,11-19H2,1-10H3/t20?,22-,23-,25+,26+,27+,28-,29+,30-,31-,32-,33-,34+,35-,36-,38+,39+,40+,41+,42-/m1/s1. The number of ether oxygens (including phenoxy) is 9.